The van der Waals surface area contributed by atoms with Gasteiger partial charge in [-0.25, -0.2) is 0 Å². The Morgan fingerprint density at radius 3 is 2.73 bits per heavy atom. The summed E-state index contributed by atoms with van der Waals surface area (Å²) in [6.45, 7) is 2.37. The molecule has 0 aliphatic carbocycles. The Labute approximate surface area is 130 Å². The van der Waals surface area contributed by atoms with Gasteiger partial charge in [0.1, 0.15) is 6.26 Å². The molecule has 0 amide bonds. The van der Waals surface area contributed by atoms with E-state index in [0.29, 0.717) is 6.61 Å². The van der Waals surface area contributed by atoms with Crippen LogP contribution in [0.1, 0.15) is 24.5 Å². The van der Waals surface area contributed by atoms with E-state index in [-0.39, 0.29) is 21.1 Å². The molecule has 2 rings (SSSR count). The highest BCUT2D eigenvalue weighted by Crippen LogP contribution is 2.41. The van der Waals surface area contributed by atoms with Crippen molar-refractivity contribution >= 4 is 23.1 Å². The second kappa shape index (κ2) is 6.48. The maximum absolute atomic E-state index is 12.8. The summed E-state index contributed by atoms with van der Waals surface area (Å²) >= 11 is 1.00. The van der Waals surface area contributed by atoms with Gasteiger partial charge in [-0.1, -0.05) is 30.8 Å². The van der Waals surface area contributed by atoms with E-state index in [1.54, 1.807) is 0 Å². The molecule has 0 saturated heterocycles. The number of carbonyl (C=O) groups is 1. The number of rotatable bonds is 4. The maximum atomic E-state index is 12.8. The molecule has 0 radical (unpaired) electrons. The molecule has 0 aromatic heterocycles. The molecular formula is C15H14F3NO2S. The third-order valence-electron chi connectivity index (χ3n) is 2.91. The van der Waals surface area contributed by atoms with Crippen LogP contribution in [0.15, 0.2) is 40.5 Å². The quantitative estimate of drug-likeness (QED) is 0.517. The molecule has 2 N–H and O–H groups in total. The van der Waals surface area contributed by atoms with Crippen molar-refractivity contribution in [1.29, 1.82) is 0 Å². The fourth-order valence-electron chi connectivity index (χ4n) is 1.91. The molecule has 1 aliphatic heterocycles. The first-order chi connectivity index (χ1) is 10.3. The number of ether oxygens (including phenoxy) is 1. The molecule has 118 valence electrons. The Morgan fingerprint density at radius 2 is 2.09 bits per heavy atom. The predicted octanol–water partition coefficient (Wildman–Crippen LogP) is 3.92. The molecule has 0 atom stereocenters. The number of hydrogen-bond donors (Lipinski definition) is 1. The minimum Gasteiger partial charge on any atom is -0.500 e. The van der Waals surface area contributed by atoms with Gasteiger partial charge in [0.2, 0.25) is 5.78 Å². The summed E-state index contributed by atoms with van der Waals surface area (Å²) in [6.07, 6.45) is -2.38. The van der Waals surface area contributed by atoms with Gasteiger partial charge in [-0.05, 0) is 24.1 Å². The van der Waals surface area contributed by atoms with E-state index >= 15 is 0 Å². The fourth-order valence-corrected chi connectivity index (χ4v) is 2.77. The number of carbonyl (C=O) groups excluding carboxylic acids is 1. The second-order valence-corrected chi connectivity index (χ2v) is 5.69. The standard InChI is InChI=1S/C15H14F3NO2S/c1-2-6-21-8-11-13(20)12(14(19)22-11)9-4-3-5-10(7-9)15(16,17)18/h3-5,7-8H,2,6,19H2,1H3. The van der Waals surface area contributed by atoms with Gasteiger partial charge >= 0.3 is 6.18 Å². The molecule has 22 heavy (non-hydrogen) atoms. The van der Waals surface area contributed by atoms with Gasteiger partial charge in [0.05, 0.1) is 27.7 Å². The molecule has 0 bridgehead atoms. The lowest BCUT2D eigenvalue weighted by Gasteiger charge is -2.09. The number of allylic oxidation sites excluding steroid dienone is 2. The smallest absolute Gasteiger partial charge is 0.416 e. The third kappa shape index (κ3) is 3.47. The number of nitrogens with two attached hydrogens (primary N) is 1. The zero-order valence-corrected chi connectivity index (χ0v) is 12.6. The predicted molar refractivity (Wildman–Crippen MR) is 79.5 cm³/mol. The third-order valence-corrected chi connectivity index (χ3v) is 3.83. The molecule has 0 spiro atoms. The van der Waals surface area contributed by atoms with Gasteiger partial charge in [0, 0.05) is 0 Å². The van der Waals surface area contributed by atoms with Crippen molar-refractivity contribution in [3.8, 4) is 0 Å². The van der Waals surface area contributed by atoms with Gasteiger partial charge in [-0.15, -0.1) is 0 Å². The first-order valence-corrected chi connectivity index (χ1v) is 7.38. The lowest BCUT2D eigenvalue weighted by Crippen LogP contribution is -2.07. The largest absolute Gasteiger partial charge is 0.500 e. The molecule has 1 heterocycles. The fraction of sp³-hybridized carbons (Fsp3) is 0.267. The first kappa shape index (κ1) is 16.5. The molecule has 0 saturated carbocycles. The highest BCUT2D eigenvalue weighted by molar-refractivity contribution is 8.08. The van der Waals surface area contributed by atoms with Crippen molar-refractivity contribution in [3.05, 3.63) is 51.6 Å². The van der Waals surface area contributed by atoms with Crippen LogP contribution < -0.4 is 5.73 Å². The van der Waals surface area contributed by atoms with E-state index in [9.17, 15) is 18.0 Å². The lowest BCUT2D eigenvalue weighted by molar-refractivity contribution is -0.137. The maximum Gasteiger partial charge on any atom is 0.416 e. The zero-order chi connectivity index (χ0) is 16.3. The first-order valence-electron chi connectivity index (χ1n) is 6.56. The Balaban J connectivity index is 2.31. The summed E-state index contributed by atoms with van der Waals surface area (Å²) in [5.41, 5.74) is 5.22. The Hall–Kier alpha value is -1.89. The Morgan fingerprint density at radius 1 is 1.36 bits per heavy atom. The Bertz CT molecular complexity index is 650. The van der Waals surface area contributed by atoms with Crippen LogP contribution in [0.25, 0.3) is 5.57 Å². The summed E-state index contributed by atoms with van der Waals surface area (Å²) in [5, 5.41) is 0.177. The van der Waals surface area contributed by atoms with Crippen LogP contribution in [0, 0.1) is 0 Å². The van der Waals surface area contributed by atoms with Crippen molar-refractivity contribution in [2.24, 2.45) is 5.73 Å². The van der Waals surface area contributed by atoms with Gasteiger partial charge in [0.15, 0.2) is 0 Å². The summed E-state index contributed by atoms with van der Waals surface area (Å²) in [5.74, 6) is -0.419. The molecule has 7 heteroatoms. The Kier molecular flexibility index (Phi) is 4.85. The zero-order valence-electron chi connectivity index (χ0n) is 11.7. The van der Waals surface area contributed by atoms with Crippen LogP contribution in [-0.4, -0.2) is 12.4 Å². The van der Waals surface area contributed by atoms with Crippen molar-refractivity contribution < 1.29 is 22.7 Å². The van der Waals surface area contributed by atoms with Crippen LogP contribution >= 0.6 is 11.8 Å². The van der Waals surface area contributed by atoms with Crippen molar-refractivity contribution in [2.75, 3.05) is 6.61 Å². The van der Waals surface area contributed by atoms with E-state index in [2.05, 4.69) is 0 Å². The topological polar surface area (TPSA) is 52.3 Å². The van der Waals surface area contributed by atoms with Gasteiger partial charge in [-0.3, -0.25) is 4.79 Å². The van der Waals surface area contributed by atoms with Crippen molar-refractivity contribution in [3.63, 3.8) is 0 Å². The summed E-state index contributed by atoms with van der Waals surface area (Å²) in [4.78, 5) is 12.6. The molecule has 0 fully saturated rings. The minimum absolute atomic E-state index is 0.0856. The monoisotopic (exact) mass is 329 g/mol. The molecule has 1 aromatic carbocycles. The van der Waals surface area contributed by atoms with E-state index in [0.717, 1.165) is 30.3 Å². The summed E-state index contributed by atoms with van der Waals surface area (Å²) in [6, 6.07) is 4.57. The van der Waals surface area contributed by atoms with Crippen LogP contribution in [0.4, 0.5) is 13.2 Å². The van der Waals surface area contributed by atoms with Crippen LogP contribution in [0.3, 0.4) is 0 Å². The number of benzene rings is 1. The minimum atomic E-state index is -4.47. The molecular weight excluding hydrogens is 315 g/mol. The van der Waals surface area contributed by atoms with Crippen LogP contribution in [0.5, 0.6) is 0 Å². The normalized spacial score (nSPS) is 17.5. The van der Waals surface area contributed by atoms with Crippen LogP contribution in [-0.2, 0) is 15.7 Å². The molecule has 0 unspecified atom stereocenters. The highest BCUT2D eigenvalue weighted by atomic mass is 32.2. The highest BCUT2D eigenvalue weighted by Gasteiger charge is 2.33. The van der Waals surface area contributed by atoms with E-state index in [4.69, 9.17) is 10.5 Å². The lowest BCUT2D eigenvalue weighted by atomic mass is 10.0. The van der Waals surface area contributed by atoms with Gasteiger partial charge in [0.25, 0.3) is 0 Å². The average Bonchev–Trinajstić information content (AvgIpc) is 2.73. The second-order valence-electron chi connectivity index (χ2n) is 4.60. The van der Waals surface area contributed by atoms with Gasteiger partial charge in [-0.2, -0.15) is 13.2 Å². The number of thioether (sulfide) groups is 1. The van der Waals surface area contributed by atoms with Gasteiger partial charge < -0.3 is 10.5 Å². The summed E-state index contributed by atoms with van der Waals surface area (Å²) in [7, 11) is 0. The molecule has 1 aromatic rings. The summed E-state index contributed by atoms with van der Waals surface area (Å²) < 4.78 is 43.5. The van der Waals surface area contributed by atoms with Crippen LogP contribution in [0.2, 0.25) is 0 Å². The SMILES string of the molecule is CCCOC=C1SC(N)=C(c2cccc(C(F)(F)F)c2)C1=O. The molecule has 3 nitrogen and oxygen atoms in total. The number of halogens is 3. The number of ketones is 1. The van der Waals surface area contributed by atoms with E-state index < -0.39 is 17.5 Å². The average molecular weight is 329 g/mol. The van der Waals surface area contributed by atoms with Crippen molar-refractivity contribution in [1.82, 2.24) is 0 Å². The number of Topliss-reactive ketones (excluding diaryl/α,β-unsaturated/α-hetero) is 1. The molecule has 1 aliphatic rings. The van der Waals surface area contributed by atoms with Crippen molar-refractivity contribution in [2.45, 2.75) is 19.5 Å². The van der Waals surface area contributed by atoms with E-state index in [1.165, 1.54) is 18.4 Å². The number of alkyl halides is 3. The van der Waals surface area contributed by atoms with E-state index in [1.807, 2.05) is 6.92 Å². The number of hydrogen-bond acceptors (Lipinski definition) is 4.